The van der Waals surface area contributed by atoms with Gasteiger partial charge in [-0.05, 0) is 32.6 Å². The van der Waals surface area contributed by atoms with Crippen LogP contribution in [0.1, 0.15) is 60.3 Å². The number of nitro groups is 1. The van der Waals surface area contributed by atoms with Crippen molar-refractivity contribution in [1.82, 2.24) is 0 Å². The molecule has 0 aliphatic rings. The average molecular weight is 361 g/mol. The first-order valence-corrected chi connectivity index (χ1v) is 8.47. The lowest BCUT2D eigenvalue weighted by atomic mass is 9.91. The SMILES string of the molecule is COC(C)(C)CCCC(C)CC(OC(C)=O)C(COC(C)=O)[N+](=O)[O-]. The molecule has 0 bridgehead atoms. The molecule has 0 rings (SSSR count). The Balaban J connectivity index is 4.79. The molecule has 0 amide bonds. The molecule has 0 aromatic rings. The first kappa shape index (κ1) is 23.3. The van der Waals surface area contributed by atoms with Gasteiger partial charge in [-0.1, -0.05) is 19.8 Å². The highest BCUT2D eigenvalue weighted by atomic mass is 16.6. The molecule has 0 heterocycles. The molecule has 8 heteroatoms. The van der Waals surface area contributed by atoms with E-state index in [0.717, 1.165) is 19.3 Å². The number of nitrogens with zero attached hydrogens (tertiary/aromatic N) is 1. The lowest BCUT2D eigenvalue weighted by molar-refractivity contribution is -0.537. The fraction of sp³-hybridized carbons (Fsp3) is 0.882. The van der Waals surface area contributed by atoms with Crippen molar-refractivity contribution in [3.05, 3.63) is 10.1 Å². The van der Waals surface area contributed by atoms with Crippen LogP contribution >= 0.6 is 0 Å². The van der Waals surface area contributed by atoms with Gasteiger partial charge < -0.3 is 14.2 Å². The molecule has 0 saturated carbocycles. The molecule has 146 valence electrons. The van der Waals surface area contributed by atoms with Crippen molar-refractivity contribution in [2.75, 3.05) is 13.7 Å². The third kappa shape index (κ3) is 10.7. The van der Waals surface area contributed by atoms with E-state index in [0.29, 0.717) is 6.42 Å². The number of hydrogen-bond acceptors (Lipinski definition) is 7. The Labute approximate surface area is 149 Å². The summed E-state index contributed by atoms with van der Waals surface area (Å²) in [5.74, 6) is -1.09. The number of hydrogen-bond donors (Lipinski definition) is 0. The second kappa shape index (κ2) is 11.0. The Morgan fingerprint density at radius 2 is 1.80 bits per heavy atom. The van der Waals surface area contributed by atoms with Crippen LogP contribution in [0.25, 0.3) is 0 Å². The van der Waals surface area contributed by atoms with E-state index < -0.39 is 35.6 Å². The molecule has 0 N–H and O–H groups in total. The maximum atomic E-state index is 11.3. The van der Waals surface area contributed by atoms with Gasteiger partial charge in [-0.15, -0.1) is 0 Å². The van der Waals surface area contributed by atoms with Gasteiger partial charge in [-0.25, -0.2) is 0 Å². The smallest absolute Gasteiger partial charge is 0.303 e. The largest absolute Gasteiger partial charge is 0.458 e. The van der Waals surface area contributed by atoms with Crippen LogP contribution in [0.15, 0.2) is 0 Å². The van der Waals surface area contributed by atoms with E-state index >= 15 is 0 Å². The van der Waals surface area contributed by atoms with E-state index in [2.05, 4.69) is 0 Å². The summed E-state index contributed by atoms with van der Waals surface area (Å²) in [5.41, 5.74) is -0.215. The molecule has 0 radical (unpaired) electrons. The molecule has 0 aromatic carbocycles. The van der Waals surface area contributed by atoms with Crippen LogP contribution < -0.4 is 0 Å². The third-order valence-electron chi connectivity index (χ3n) is 4.14. The number of carbonyl (C=O) groups is 2. The van der Waals surface area contributed by atoms with E-state index in [9.17, 15) is 19.7 Å². The summed E-state index contributed by atoms with van der Waals surface area (Å²) in [6.45, 7) is 7.94. The standard InChI is InChI=1S/C17H31NO7/c1-12(8-7-9-17(4,5)23-6)10-16(25-14(3)20)15(18(21)22)11-24-13(2)19/h12,15-16H,7-11H2,1-6H3. The summed E-state index contributed by atoms with van der Waals surface area (Å²) in [5, 5.41) is 11.3. The highest BCUT2D eigenvalue weighted by Gasteiger charge is 2.36. The second-order valence-electron chi connectivity index (χ2n) is 7.00. The topological polar surface area (TPSA) is 105 Å². The minimum absolute atomic E-state index is 0.108. The van der Waals surface area contributed by atoms with Crippen molar-refractivity contribution in [2.24, 2.45) is 5.92 Å². The summed E-state index contributed by atoms with van der Waals surface area (Å²) < 4.78 is 15.3. The fourth-order valence-electron chi connectivity index (χ4n) is 2.50. The van der Waals surface area contributed by atoms with Crippen molar-refractivity contribution < 1.29 is 28.7 Å². The normalized spacial score (nSPS) is 15.1. The predicted molar refractivity (Wildman–Crippen MR) is 91.7 cm³/mol. The van der Waals surface area contributed by atoms with Gasteiger partial charge in [-0.3, -0.25) is 19.7 Å². The van der Waals surface area contributed by atoms with Crippen LogP contribution in [-0.4, -0.2) is 48.3 Å². The number of rotatable bonds is 12. The van der Waals surface area contributed by atoms with E-state index in [1.165, 1.54) is 13.8 Å². The highest BCUT2D eigenvalue weighted by Crippen LogP contribution is 2.23. The lowest BCUT2D eigenvalue weighted by Crippen LogP contribution is -2.42. The van der Waals surface area contributed by atoms with Crippen molar-refractivity contribution in [1.29, 1.82) is 0 Å². The van der Waals surface area contributed by atoms with Gasteiger partial charge in [-0.2, -0.15) is 0 Å². The maximum absolute atomic E-state index is 11.3. The van der Waals surface area contributed by atoms with Crippen LogP contribution in [-0.2, 0) is 23.8 Å². The van der Waals surface area contributed by atoms with Crippen molar-refractivity contribution >= 4 is 11.9 Å². The van der Waals surface area contributed by atoms with Gasteiger partial charge in [0.15, 0.2) is 12.7 Å². The molecule has 0 saturated heterocycles. The lowest BCUT2D eigenvalue weighted by Gasteiger charge is -2.25. The first-order chi connectivity index (χ1) is 11.5. The molecular formula is C17H31NO7. The van der Waals surface area contributed by atoms with Crippen molar-refractivity contribution in [3.8, 4) is 0 Å². The predicted octanol–water partition coefficient (Wildman–Crippen LogP) is 2.75. The molecule has 3 unspecified atom stereocenters. The Kier molecular flexibility index (Phi) is 10.3. The maximum Gasteiger partial charge on any atom is 0.303 e. The van der Waals surface area contributed by atoms with Crippen LogP contribution in [0.3, 0.4) is 0 Å². The van der Waals surface area contributed by atoms with Gasteiger partial charge in [0.2, 0.25) is 0 Å². The monoisotopic (exact) mass is 361 g/mol. The van der Waals surface area contributed by atoms with Gasteiger partial charge in [0.1, 0.15) is 0 Å². The highest BCUT2D eigenvalue weighted by molar-refractivity contribution is 5.66. The number of methoxy groups -OCH3 is 1. The summed E-state index contributed by atoms with van der Waals surface area (Å²) in [7, 11) is 1.66. The number of esters is 2. The van der Waals surface area contributed by atoms with Crippen molar-refractivity contribution in [3.63, 3.8) is 0 Å². The zero-order valence-corrected chi connectivity index (χ0v) is 16.1. The van der Waals surface area contributed by atoms with Crippen LogP contribution in [0.5, 0.6) is 0 Å². The molecule has 0 aliphatic carbocycles. The van der Waals surface area contributed by atoms with Crippen LogP contribution in [0, 0.1) is 16.0 Å². The molecule has 0 aromatic heterocycles. The molecular weight excluding hydrogens is 330 g/mol. The van der Waals surface area contributed by atoms with E-state index in [4.69, 9.17) is 14.2 Å². The minimum Gasteiger partial charge on any atom is -0.458 e. The van der Waals surface area contributed by atoms with E-state index in [1.54, 1.807) is 7.11 Å². The average Bonchev–Trinajstić information content (AvgIpc) is 2.45. The quantitative estimate of drug-likeness (QED) is 0.299. The Bertz CT molecular complexity index is 450. The Hall–Kier alpha value is -1.70. The summed E-state index contributed by atoms with van der Waals surface area (Å²) in [6.07, 6.45) is 1.97. The molecule has 0 fully saturated rings. The minimum atomic E-state index is -1.27. The number of ether oxygens (including phenoxy) is 3. The summed E-state index contributed by atoms with van der Waals surface area (Å²) in [6, 6.07) is -1.27. The molecule has 8 nitrogen and oxygen atoms in total. The van der Waals surface area contributed by atoms with E-state index in [1.807, 2.05) is 20.8 Å². The van der Waals surface area contributed by atoms with Gasteiger partial charge >= 0.3 is 11.9 Å². The fourth-order valence-corrected chi connectivity index (χ4v) is 2.50. The van der Waals surface area contributed by atoms with E-state index in [-0.39, 0.29) is 11.5 Å². The molecule has 0 aliphatic heterocycles. The Morgan fingerprint density at radius 3 is 2.24 bits per heavy atom. The van der Waals surface area contributed by atoms with Gasteiger partial charge in [0, 0.05) is 25.9 Å². The van der Waals surface area contributed by atoms with Gasteiger partial charge in [0.25, 0.3) is 6.04 Å². The van der Waals surface area contributed by atoms with Crippen LogP contribution in [0.2, 0.25) is 0 Å². The van der Waals surface area contributed by atoms with Crippen LogP contribution in [0.4, 0.5) is 0 Å². The zero-order valence-electron chi connectivity index (χ0n) is 16.1. The Morgan fingerprint density at radius 1 is 1.20 bits per heavy atom. The first-order valence-electron chi connectivity index (χ1n) is 8.47. The summed E-state index contributed by atoms with van der Waals surface area (Å²) >= 11 is 0. The molecule has 3 atom stereocenters. The molecule has 0 spiro atoms. The zero-order chi connectivity index (χ0) is 19.6. The summed E-state index contributed by atoms with van der Waals surface area (Å²) in [4.78, 5) is 33.0. The van der Waals surface area contributed by atoms with Crippen molar-refractivity contribution in [2.45, 2.75) is 78.0 Å². The second-order valence-corrected chi connectivity index (χ2v) is 7.00. The molecule has 25 heavy (non-hydrogen) atoms. The number of carbonyl (C=O) groups excluding carboxylic acids is 2. The van der Waals surface area contributed by atoms with Gasteiger partial charge in [0.05, 0.1) is 5.60 Å². The third-order valence-corrected chi connectivity index (χ3v) is 4.14.